The minimum absolute atomic E-state index is 0.425. The van der Waals surface area contributed by atoms with Crippen LogP contribution in [0.25, 0.3) is 0 Å². The van der Waals surface area contributed by atoms with Crippen molar-refractivity contribution in [2.75, 3.05) is 0 Å². The van der Waals surface area contributed by atoms with Crippen LogP contribution in [0, 0.1) is 0 Å². The van der Waals surface area contributed by atoms with Crippen molar-refractivity contribution in [2.45, 2.75) is 39.2 Å². The molecule has 0 aliphatic heterocycles. The van der Waals surface area contributed by atoms with Crippen LogP contribution < -0.4 is 0 Å². The lowest BCUT2D eigenvalue weighted by molar-refractivity contribution is 0.190. The summed E-state index contributed by atoms with van der Waals surface area (Å²) in [5.74, 6) is 0.952. The van der Waals surface area contributed by atoms with Crippen molar-refractivity contribution in [1.82, 2.24) is 9.55 Å². The van der Waals surface area contributed by atoms with Crippen LogP contribution in [-0.2, 0) is 13.5 Å². The molecule has 80 valence electrons. The van der Waals surface area contributed by atoms with Crippen molar-refractivity contribution in [1.29, 1.82) is 0 Å². The maximum atomic E-state index is 9.48. The molecule has 0 bridgehead atoms. The molecule has 3 nitrogen and oxygen atoms in total. The minimum Gasteiger partial charge on any atom is -0.387 e. The molecule has 0 aliphatic rings. The molecule has 14 heavy (non-hydrogen) atoms. The van der Waals surface area contributed by atoms with Crippen LogP contribution in [0.4, 0.5) is 0 Å². The molecule has 0 saturated heterocycles. The summed E-state index contributed by atoms with van der Waals surface area (Å²) in [6.07, 6.45) is 2.59. The SMILES string of the molecule is CCCCc1nc(Cl)c(C(C)O)n1C. The van der Waals surface area contributed by atoms with Crippen molar-refractivity contribution >= 4 is 11.6 Å². The highest BCUT2D eigenvalue weighted by Crippen LogP contribution is 2.23. The molecule has 1 rings (SSSR count). The Morgan fingerprint density at radius 1 is 1.57 bits per heavy atom. The van der Waals surface area contributed by atoms with Gasteiger partial charge in [0.2, 0.25) is 0 Å². The zero-order valence-electron chi connectivity index (χ0n) is 8.92. The number of nitrogens with zero attached hydrogens (tertiary/aromatic N) is 2. The highest BCUT2D eigenvalue weighted by Gasteiger charge is 2.16. The molecular formula is C10H17ClN2O. The van der Waals surface area contributed by atoms with E-state index in [0.717, 1.165) is 25.1 Å². The Balaban J connectivity index is 2.92. The summed E-state index contributed by atoms with van der Waals surface area (Å²) in [7, 11) is 1.89. The third kappa shape index (κ3) is 2.28. The van der Waals surface area contributed by atoms with E-state index in [1.807, 2.05) is 11.6 Å². The molecule has 0 aromatic carbocycles. The highest BCUT2D eigenvalue weighted by molar-refractivity contribution is 6.30. The second kappa shape index (κ2) is 4.80. The van der Waals surface area contributed by atoms with Crippen LogP contribution in [0.2, 0.25) is 5.15 Å². The number of aryl methyl sites for hydroxylation is 1. The van der Waals surface area contributed by atoms with Crippen molar-refractivity contribution in [3.05, 3.63) is 16.7 Å². The number of aliphatic hydroxyl groups is 1. The third-order valence-electron chi connectivity index (χ3n) is 2.34. The first-order valence-corrected chi connectivity index (χ1v) is 5.34. The van der Waals surface area contributed by atoms with Crippen LogP contribution in [0.5, 0.6) is 0 Å². The van der Waals surface area contributed by atoms with E-state index in [4.69, 9.17) is 11.6 Å². The fourth-order valence-electron chi connectivity index (χ4n) is 1.53. The van der Waals surface area contributed by atoms with Gasteiger partial charge in [-0.1, -0.05) is 24.9 Å². The van der Waals surface area contributed by atoms with E-state index in [0.29, 0.717) is 10.8 Å². The van der Waals surface area contributed by atoms with Gasteiger partial charge in [-0.25, -0.2) is 4.98 Å². The van der Waals surface area contributed by atoms with Crippen LogP contribution >= 0.6 is 11.6 Å². The van der Waals surface area contributed by atoms with Crippen LogP contribution in [0.1, 0.15) is 44.3 Å². The number of halogens is 1. The van der Waals surface area contributed by atoms with Crippen LogP contribution in [0.3, 0.4) is 0 Å². The van der Waals surface area contributed by atoms with E-state index in [9.17, 15) is 5.11 Å². The predicted octanol–water partition coefficient (Wildman–Crippen LogP) is 2.47. The normalized spacial score (nSPS) is 13.2. The maximum Gasteiger partial charge on any atom is 0.153 e. The van der Waals surface area contributed by atoms with E-state index < -0.39 is 6.10 Å². The first kappa shape index (κ1) is 11.5. The lowest BCUT2D eigenvalue weighted by Gasteiger charge is -2.07. The van der Waals surface area contributed by atoms with Gasteiger partial charge in [-0.05, 0) is 13.3 Å². The second-order valence-corrected chi connectivity index (χ2v) is 3.90. The Hall–Kier alpha value is -0.540. The fraction of sp³-hybridized carbons (Fsp3) is 0.700. The Labute approximate surface area is 89.7 Å². The standard InChI is InChI=1S/C10H17ClN2O/c1-4-5-6-8-12-10(11)9(7(2)14)13(8)3/h7,14H,4-6H2,1-3H3. The molecule has 1 unspecified atom stereocenters. The van der Waals surface area contributed by atoms with Crippen molar-refractivity contribution in [3.8, 4) is 0 Å². The van der Waals surface area contributed by atoms with Gasteiger partial charge in [0.15, 0.2) is 5.15 Å². The molecule has 1 atom stereocenters. The predicted molar refractivity (Wildman–Crippen MR) is 57.5 cm³/mol. The Kier molecular flexibility index (Phi) is 3.96. The number of rotatable bonds is 4. The molecule has 1 heterocycles. The van der Waals surface area contributed by atoms with Crippen molar-refractivity contribution in [3.63, 3.8) is 0 Å². The zero-order chi connectivity index (χ0) is 10.7. The first-order valence-electron chi connectivity index (χ1n) is 4.97. The second-order valence-electron chi connectivity index (χ2n) is 3.54. The highest BCUT2D eigenvalue weighted by atomic mass is 35.5. The average molecular weight is 217 g/mol. The van der Waals surface area contributed by atoms with Gasteiger partial charge in [0.1, 0.15) is 5.82 Å². The molecule has 0 fully saturated rings. The topological polar surface area (TPSA) is 38.1 Å². The summed E-state index contributed by atoms with van der Waals surface area (Å²) in [4.78, 5) is 4.24. The number of aliphatic hydroxyl groups excluding tert-OH is 1. The number of imidazole rings is 1. The summed E-state index contributed by atoms with van der Waals surface area (Å²) >= 11 is 5.93. The van der Waals surface area contributed by atoms with Gasteiger partial charge < -0.3 is 9.67 Å². The minimum atomic E-state index is -0.560. The average Bonchev–Trinajstić information content (AvgIpc) is 2.38. The Bertz CT molecular complexity index is 307. The monoisotopic (exact) mass is 216 g/mol. The molecule has 1 aromatic heterocycles. The van der Waals surface area contributed by atoms with Gasteiger partial charge in [-0.15, -0.1) is 0 Å². The molecule has 0 radical (unpaired) electrons. The van der Waals surface area contributed by atoms with E-state index in [1.165, 1.54) is 0 Å². The largest absolute Gasteiger partial charge is 0.387 e. The van der Waals surface area contributed by atoms with E-state index in [1.54, 1.807) is 6.92 Å². The molecule has 0 amide bonds. The van der Waals surface area contributed by atoms with Crippen molar-refractivity contribution < 1.29 is 5.11 Å². The summed E-state index contributed by atoms with van der Waals surface area (Å²) in [6, 6.07) is 0. The van der Waals surface area contributed by atoms with Gasteiger partial charge in [0.25, 0.3) is 0 Å². The van der Waals surface area contributed by atoms with Gasteiger partial charge in [-0.3, -0.25) is 0 Å². The van der Waals surface area contributed by atoms with Crippen LogP contribution in [-0.4, -0.2) is 14.7 Å². The molecule has 1 N–H and O–H groups in total. The van der Waals surface area contributed by atoms with Gasteiger partial charge >= 0.3 is 0 Å². The molecule has 0 spiro atoms. The zero-order valence-corrected chi connectivity index (χ0v) is 9.67. The first-order chi connectivity index (χ1) is 6.57. The lowest BCUT2D eigenvalue weighted by atomic mass is 10.2. The molecule has 4 heteroatoms. The van der Waals surface area contributed by atoms with Gasteiger partial charge in [-0.2, -0.15) is 0 Å². The third-order valence-corrected chi connectivity index (χ3v) is 2.61. The molecule has 0 saturated carbocycles. The quantitative estimate of drug-likeness (QED) is 0.840. The van der Waals surface area contributed by atoms with E-state index >= 15 is 0 Å². The Morgan fingerprint density at radius 3 is 2.64 bits per heavy atom. The van der Waals surface area contributed by atoms with E-state index in [-0.39, 0.29) is 0 Å². The van der Waals surface area contributed by atoms with Crippen molar-refractivity contribution in [2.24, 2.45) is 7.05 Å². The Morgan fingerprint density at radius 2 is 2.21 bits per heavy atom. The van der Waals surface area contributed by atoms with Crippen LogP contribution in [0.15, 0.2) is 0 Å². The number of unbranched alkanes of at least 4 members (excludes halogenated alkanes) is 1. The number of aromatic nitrogens is 2. The summed E-state index contributed by atoms with van der Waals surface area (Å²) < 4.78 is 1.89. The molecule has 0 aliphatic carbocycles. The number of hydrogen-bond donors (Lipinski definition) is 1. The molecular weight excluding hydrogens is 200 g/mol. The molecule has 1 aromatic rings. The summed E-state index contributed by atoms with van der Waals surface area (Å²) in [5, 5.41) is 9.90. The smallest absolute Gasteiger partial charge is 0.153 e. The lowest BCUT2D eigenvalue weighted by Crippen LogP contribution is -2.04. The summed E-state index contributed by atoms with van der Waals surface area (Å²) in [6.45, 7) is 3.84. The summed E-state index contributed by atoms with van der Waals surface area (Å²) in [5.41, 5.74) is 0.706. The van der Waals surface area contributed by atoms with E-state index in [2.05, 4.69) is 11.9 Å². The number of hydrogen-bond acceptors (Lipinski definition) is 2. The maximum absolute atomic E-state index is 9.48. The van der Waals surface area contributed by atoms with Gasteiger partial charge in [0, 0.05) is 13.5 Å². The fourth-order valence-corrected chi connectivity index (χ4v) is 1.92. The van der Waals surface area contributed by atoms with Gasteiger partial charge in [0.05, 0.1) is 11.8 Å².